The number of amides is 1. The number of hydrogen-bond acceptors (Lipinski definition) is 3. The van der Waals surface area contributed by atoms with Gasteiger partial charge in [-0.25, -0.2) is 0 Å². The van der Waals surface area contributed by atoms with Gasteiger partial charge in [0.05, 0.1) is 24.0 Å². The number of carboxylic acid groups (broad SMARTS) is 1. The van der Waals surface area contributed by atoms with Crippen molar-refractivity contribution < 1.29 is 19.8 Å². The molecule has 4 atom stereocenters. The molecular weight excluding hydrogens is 258 g/mol. The van der Waals surface area contributed by atoms with Crippen LogP contribution in [0.4, 0.5) is 0 Å². The molecule has 0 spiro atoms. The Hall–Kier alpha value is -1.36. The lowest BCUT2D eigenvalue weighted by Gasteiger charge is -2.28. The lowest BCUT2D eigenvalue weighted by molar-refractivity contribution is -0.147. The molecule has 1 amide bonds. The smallest absolute Gasteiger partial charge is 0.307 e. The van der Waals surface area contributed by atoms with Crippen molar-refractivity contribution in [3.05, 3.63) is 12.2 Å². The third-order valence-corrected chi connectivity index (χ3v) is 4.39. The number of allylic oxidation sites excluding steroid dienone is 2. The largest absolute Gasteiger partial charge is 0.481 e. The highest BCUT2D eigenvalue weighted by atomic mass is 16.4. The molecule has 5 nitrogen and oxygen atoms in total. The van der Waals surface area contributed by atoms with Crippen LogP contribution in [0.2, 0.25) is 0 Å². The van der Waals surface area contributed by atoms with E-state index in [1.54, 1.807) is 0 Å². The third-order valence-electron chi connectivity index (χ3n) is 4.39. The van der Waals surface area contributed by atoms with E-state index < -0.39 is 23.9 Å². The minimum Gasteiger partial charge on any atom is -0.481 e. The predicted molar refractivity (Wildman–Crippen MR) is 74.0 cm³/mol. The zero-order chi connectivity index (χ0) is 14.5. The van der Waals surface area contributed by atoms with Crippen LogP contribution in [-0.4, -0.2) is 34.2 Å². The SMILES string of the molecule is O=C(O)C1CC=CCC1C(=O)NC1CCCCCC1O. The molecule has 1 fully saturated rings. The number of carbonyl (C=O) groups excluding carboxylic acids is 1. The normalized spacial score (nSPS) is 34.2. The summed E-state index contributed by atoms with van der Waals surface area (Å²) in [5, 5.41) is 22.1. The molecule has 2 rings (SSSR count). The number of aliphatic carboxylic acids is 1. The Kier molecular flexibility index (Phi) is 5.17. The molecule has 20 heavy (non-hydrogen) atoms. The van der Waals surface area contributed by atoms with Crippen molar-refractivity contribution in [3.63, 3.8) is 0 Å². The molecule has 2 aliphatic rings. The lowest BCUT2D eigenvalue weighted by Crippen LogP contribution is -2.47. The highest BCUT2D eigenvalue weighted by molar-refractivity contribution is 5.85. The maximum absolute atomic E-state index is 12.3. The van der Waals surface area contributed by atoms with Crippen LogP contribution in [0.25, 0.3) is 0 Å². The van der Waals surface area contributed by atoms with Crippen molar-refractivity contribution in [2.45, 2.75) is 57.1 Å². The molecule has 112 valence electrons. The fourth-order valence-corrected chi connectivity index (χ4v) is 3.12. The summed E-state index contributed by atoms with van der Waals surface area (Å²) in [6.07, 6.45) is 8.58. The van der Waals surface area contributed by atoms with E-state index in [4.69, 9.17) is 0 Å². The fraction of sp³-hybridized carbons (Fsp3) is 0.733. The maximum Gasteiger partial charge on any atom is 0.307 e. The van der Waals surface area contributed by atoms with Crippen LogP contribution in [-0.2, 0) is 9.59 Å². The van der Waals surface area contributed by atoms with E-state index in [0.29, 0.717) is 19.3 Å². The molecule has 3 N–H and O–H groups in total. The summed E-state index contributed by atoms with van der Waals surface area (Å²) in [5.74, 6) is -2.32. The van der Waals surface area contributed by atoms with Gasteiger partial charge in [-0.3, -0.25) is 9.59 Å². The van der Waals surface area contributed by atoms with Crippen molar-refractivity contribution in [2.75, 3.05) is 0 Å². The van der Waals surface area contributed by atoms with E-state index in [1.165, 1.54) is 0 Å². The second-order valence-electron chi connectivity index (χ2n) is 5.81. The summed E-state index contributed by atoms with van der Waals surface area (Å²) in [4.78, 5) is 23.5. The van der Waals surface area contributed by atoms with E-state index in [1.807, 2.05) is 12.2 Å². The van der Waals surface area contributed by atoms with Crippen molar-refractivity contribution in [2.24, 2.45) is 11.8 Å². The van der Waals surface area contributed by atoms with Crippen LogP contribution in [0, 0.1) is 11.8 Å². The first kappa shape index (κ1) is 15.0. The zero-order valence-electron chi connectivity index (χ0n) is 11.6. The van der Waals surface area contributed by atoms with Crippen LogP contribution >= 0.6 is 0 Å². The van der Waals surface area contributed by atoms with Gasteiger partial charge in [-0.05, 0) is 25.7 Å². The summed E-state index contributed by atoms with van der Waals surface area (Å²) >= 11 is 0. The molecule has 5 heteroatoms. The van der Waals surface area contributed by atoms with E-state index in [0.717, 1.165) is 25.7 Å². The highest BCUT2D eigenvalue weighted by Gasteiger charge is 2.35. The monoisotopic (exact) mass is 281 g/mol. The molecule has 0 aromatic heterocycles. The number of carbonyl (C=O) groups is 2. The van der Waals surface area contributed by atoms with Crippen molar-refractivity contribution >= 4 is 11.9 Å². The Labute approximate surface area is 119 Å². The van der Waals surface area contributed by atoms with Gasteiger partial charge in [0.15, 0.2) is 0 Å². The van der Waals surface area contributed by atoms with Crippen LogP contribution in [0.5, 0.6) is 0 Å². The Bertz CT molecular complexity index is 393. The second-order valence-corrected chi connectivity index (χ2v) is 5.81. The Morgan fingerprint density at radius 2 is 1.65 bits per heavy atom. The molecule has 4 unspecified atom stereocenters. The first-order chi connectivity index (χ1) is 9.59. The van der Waals surface area contributed by atoms with Gasteiger partial charge in [-0.15, -0.1) is 0 Å². The van der Waals surface area contributed by atoms with Gasteiger partial charge in [0.1, 0.15) is 0 Å². The molecule has 0 aliphatic heterocycles. The van der Waals surface area contributed by atoms with Crippen LogP contribution in [0.3, 0.4) is 0 Å². The molecule has 1 saturated carbocycles. The van der Waals surface area contributed by atoms with Crippen LogP contribution in [0.15, 0.2) is 12.2 Å². The first-order valence-electron chi connectivity index (χ1n) is 7.46. The summed E-state index contributed by atoms with van der Waals surface area (Å²) < 4.78 is 0. The van der Waals surface area contributed by atoms with E-state index in [-0.39, 0.29) is 11.9 Å². The van der Waals surface area contributed by atoms with Crippen molar-refractivity contribution in [1.29, 1.82) is 0 Å². The van der Waals surface area contributed by atoms with Gasteiger partial charge in [0.25, 0.3) is 0 Å². The summed E-state index contributed by atoms with van der Waals surface area (Å²) in [5.41, 5.74) is 0. The van der Waals surface area contributed by atoms with Crippen molar-refractivity contribution in [1.82, 2.24) is 5.32 Å². The lowest BCUT2D eigenvalue weighted by atomic mass is 9.82. The second kappa shape index (κ2) is 6.88. The number of hydrogen-bond donors (Lipinski definition) is 3. The standard InChI is InChI=1S/C15H23NO4/c17-13-9-3-1-2-8-12(13)16-14(18)10-6-4-5-7-11(10)15(19)20/h4-5,10-13,17H,1-3,6-9H2,(H,16,18)(H,19,20). The number of aliphatic hydroxyl groups excluding tert-OH is 1. The first-order valence-corrected chi connectivity index (χ1v) is 7.46. The molecule has 0 heterocycles. The third kappa shape index (κ3) is 3.60. The zero-order valence-corrected chi connectivity index (χ0v) is 11.6. The summed E-state index contributed by atoms with van der Waals surface area (Å²) in [6, 6.07) is -0.231. The Morgan fingerprint density at radius 3 is 2.35 bits per heavy atom. The molecule has 0 radical (unpaired) electrons. The van der Waals surface area contributed by atoms with Gasteiger partial charge >= 0.3 is 5.97 Å². The van der Waals surface area contributed by atoms with E-state index in [9.17, 15) is 19.8 Å². The Morgan fingerprint density at radius 1 is 1.00 bits per heavy atom. The van der Waals surface area contributed by atoms with Crippen LogP contribution < -0.4 is 5.32 Å². The minimum absolute atomic E-state index is 0.229. The quantitative estimate of drug-likeness (QED) is 0.540. The fourth-order valence-electron chi connectivity index (χ4n) is 3.12. The van der Waals surface area contributed by atoms with E-state index >= 15 is 0 Å². The predicted octanol–water partition coefficient (Wildman–Crippen LogP) is 1.46. The molecule has 0 aromatic carbocycles. The van der Waals surface area contributed by atoms with Gasteiger partial charge < -0.3 is 15.5 Å². The minimum atomic E-state index is -0.920. The topological polar surface area (TPSA) is 86.6 Å². The number of carboxylic acids is 1. The van der Waals surface area contributed by atoms with Gasteiger partial charge in [0, 0.05) is 0 Å². The molecule has 2 aliphatic carbocycles. The number of rotatable bonds is 3. The molecule has 0 bridgehead atoms. The van der Waals surface area contributed by atoms with Gasteiger partial charge in [-0.1, -0.05) is 31.4 Å². The van der Waals surface area contributed by atoms with Gasteiger partial charge in [-0.2, -0.15) is 0 Å². The number of aliphatic hydroxyl groups is 1. The number of nitrogens with one attached hydrogen (secondary N) is 1. The Balaban J connectivity index is 1.99. The molecule has 0 aromatic rings. The van der Waals surface area contributed by atoms with Gasteiger partial charge in [0.2, 0.25) is 5.91 Å². The van der Waals surface area contributed by atoms with E-state index in [2.05, 4.69) is 5.32 Å². The molecular formula is C15H23NO4. The van der Waals surface area contributed by atoms with Crippen LogP contribution in [0.1, 0.15) is 44.9 Å². The maximum atomic E-state index is 12.3. The van der Waals surface area contributed by atoms with Crippen molar-refractivity contribution in [3.8, 4) is 0 Å². The average molecular weight is 281 g/mol. The summed E-state index contributed by atoms with van der Waals surface area (Å²) in [6.45, 7) is 0. The molecule has 0 saturated heterocycles. The average Bonchev–Trinajstić information content (AvgIpc) is 2.64. The summed E-state index contributed by atoms with van der Waals surface area (Å²) in [7, 11) is 0. The highest BCUT2D eigenvalue weighted by Crippen LogP contribution is 2.27.